The zero-order chi connectivity index (χ0) is 19.4. The van der Waals surface area contributed by atoms with E-state index in [-0.39, 0.29) is 23.4 Å². The maximum Gasteiger partial charge on any atom is 0.311 e. The monoisotopic (exact) mass is 370 g/mol. The van der Waals surface area contributed by atoms with Crippen LogP contribution in [0.1, 0.15) is 41.7 Å². The van der Waals surface area contributed by atoms with Gasteiger partial charge in [-0.05, 0) is 49.6 Å². The Kier molecular flexibility index (Phi) is 5.59. The van der Waals surface area contributed by atoms with E-state index in [0.29, 0.717) is 18.7 Å². The Morgan fingerprint density at radius 1 is 1.26 bits per heavy atom. The molecule has 1 unspecified atom stereocenters. The number of hydrogen-bond donors (Lipinski definition) is 0. The molecule has 0 radical (unpaired) electrons. The van der Waals surface area contributed by atoms with Gasteiger partial charge in [-0.3, -0.25) is 14.9 Å². The highest BCUT2D eigenvalue weighted by Gasteiger charge is 2.31. The van der Waals surface area contributed by atoms with Crippen LogP contribution in [0.2, 0.25) is 0 Å². The summed E-state index contributed by atoms with van der Waals surface area (Å²) in [6, 6.07) is 12.0. The molecule has 0 aliphatic carbocycles. The van der Waals surface area contributed by atoms with E-state index in [1.54, 1.807) is 11.0 Å². The van der Waals surface area contributed by atoms with Crippen molar-refractivity contribution in [3.05, 3.63) is 63.7 Å². The van der Waals surface area contributed by atoms with E-state index in [4.69, 9.17) is 9.47 Å². The number of likely N-dealkylation sites (tertiary alicyclic amines) is 1. The molecule has 2 aromatic carbocycles. The van der Waals surface area contributed by atoms with E-state index in [1.807, 2.05) is 31.2 Å². The number of carbonyl (C=O) groups is 1. The first kappa shape index (κ1) is 18.7. The molecule has 0 aromatic heterocycles. The number of ether oxygens (including phenoxy) is 2. The maximum atomic E-state index is 13.0. The minimum Gasteiger partial charge on any atom is -0.494 e. The standard InChI is InChI=1S/C20H22N2O5/c1-3-27-16-9-6-14(7-10-16)17-5-4-12-21(17)20(23)15-8-11-19(26-2)18(13-15)22(24)25/h6-11,13,17H,3-5,12H2,1-2H3. The van der Waals surface area contributed by atoms with Crippen LogP contribution in [0.3, 0.4) is 0 Å². The molecule has 1 aliphatic rings. The summed E-state index contributed by atoms with van der Waals surface area (Å²) >= 11 is 0. The van der Waals surface area contributed by atoms with Gasteiger partial charge in [-0.2, -0.15) is 0 Å². The molecule has 0 bridgehead atoms. The van der Waals surface area contributed by atoms with E-state index in [2.05, 4.69) is 0 Å². The Bertz CT molecular complexity index is 835. The molecule has 0 saturated carbocycles. The molecule has 7 heteroatoms. The number of carbonyl (C=O) groups excluding carboxylic acids is 1. The highest BCUT2D eigenvalue weighted by molar-refractivity contribution is 5.95. The second-order valence-electron chi connectivity index (χ2n) is 6.30. The molecule has 1 heterocycles. The van der Waals surface area contributed by atoms with Crippen LogP contribution < -0.4 is 9.47 Å². The normalized spacial score (nSPS) is 16.2. The second kappa shape index (κ2) is 8.07. The summed E-state index contributed by atoms with van der Waals surface area (Å²) in [6.07, 6.45) is 1.75. The van der Waals surface area contributed by atoms with Crippen molar-refractivity contribution in [1.29, 1.82) is 0 Å². The third-order valence-electron chi connectivity index (χ3n) is 4.71. The van der Waals surface area contributed by atoms with Gasteiger partial charge in [0, 0.05) is 18.2 Å². The highest BCUT2D eigenvalue weighted by atomic mass is 16.6. The quantitative estimate of drug-likeness (QED) is 0.567. The number of rotatable bonds is 6. The molecule has 1 amide bonds. The summed E-state index contributed by atoms with van der Waals surface area (Å²) in [6.45, 7) is 3.15. The Labute approximate surface area is 157 Å². The molecule has 0 spiro atoms. The summed E-state index contributed by atoms with van der Waals surface area (Å²) in [5.74, 6) is 0.723. The van der Waals surface area contributed by atoms with Crippen molar-refractivity contribution in [1.82, 2.24) is 4.90 Å². The Morgan fingerprint density at radius 3 is 2.63 bits per heavy atom. The van der Waals surface area contributed by atoms with Crippen molar-refractivity contribution in [2.24, 2.45) is 0 Å². The average molecular weight is 370 g/mol. The summed E-state index contributed by atoms with van der Waals surface area (Å²) in [7, 11) is 1.37. The van der Waals surface area contributed by atoms with Gasteiger partial charge in [0.2, 0.25) is 0 Å². The summed E-state index contributed by atoms with van der Waals surface area (Å²) in [5, 5.41) is 11.2. The molecule has 0 N–H and O–H groups in total. The number of hydrogen-bond acceptors (Lipinski definition) is 5. The summed E-state index contributed by atoms with van der Waals surface area (Å²) in [5.41, 5.74) is 1.12. The number of benzene rings is 2. The van der Waals surface area contributed by atoms with Crippen LogP contribution in [0.25, 0.3) is 0 Å². The number of nitro groups is 1. The van der Waals surface area contributed by atoms with E-state index in [1.165, 1.54) is 19.2 Å². The highest BCUT2D eigenvalue weighted by Crippen LogP contribution is 2.35. The van der Waals surface area contributed by atoms with E-state index in [0.717, 1.165) is 24.2 Å². The molecular formula is C20H22N2O5. The van der Waals surface area contributed by atoms with Crippen LogP contribution in [0, 0.1) is 10.1 Å². The number of nitrogens with zero attached hydrogens (tertiary/aromatic N) is 2. The topological polar surface area (TPSA) is 81.9 Å². The van der Waals surface area contributed by atoms with Crippen molar-refractivity contribution in [3.63, 3.8) is 0 Å². The Morgan fingerprint density at radius 2 is 2.00 bits per heavy atom. The van der Waals surface area contributed by atoms with E-state index < -0.39 is 4.92 Å². The number of methoxy groups -OCH3 is 1. The van der Waals surface area contributed by atoms with Crippen molar-refractivity contribution in [3.8, 4) is 11.5 Å². The summed E-state index contributed by atoms with van der Waals surface area (Å²) in [4.78, 5) is 25.5. The fourth-order valence-corrected chi connectivity index (χ4v) is 3.44. The van der Waals surface area contributed by atoms with Gasteiger partial charge in [-0.25, -0.2) is 0 Å². The molecule has 7 nitrogen and oxygen atoms in total. The lowest BCUT2D eigenvalue weighted by molar-refractivity contribution is -0.385. The van der Waals surface area contributed by atoms with Crippen LogP contribution in [0.5, 0.6) is 11.5 Å². The third-order valence-corrected chi connectivity index (χ3v) is 4.71. The minimum atomic E-state index is -0.538. The molecule has 3 rings (SSSR count). The van der Waals surface area contributed by atoms with Gasteiger partial charge in [-0.1, -0.05) is 12.1 Å². The minimum absolute atomic E-state index is 0.0469. The number of nitro benzene ring substituents is 1. The van der Waals surface area contributed by atoms with Crippen LogP contribution in [0.4, 0.5) is 5.69 Å². The van der Waals surface area contributed by atoms with Gasteiger partial charge >= 0.3 is 5.69 Å². The molecule has 27 heavy (non-hydrogen) atoms. The van der Waals surface area contributed by atoms with Crippen molar-refractivity contribution in [2.45, 2.75) is 25.8 Å². The first-order valence-electron chi connectivity index (χ1n) is 8.91. The predicted molar refractivity (Wildman–Crippen MR) is 100 cm³/mol. The fraction of sp³-hybridized carbons (Fsp3) is 0.350. The van der Waals surface area contributed by atoms with Gasteiger partial charge in [-0.15, -0.1) is 0 Å². The molecule has 1 saturated heterocycles. The molecule has 142 valence electrons. The van der Waals surface area contributed by atoms with Crippen molar-refractivity contribution in [2.75, 3.05) is 20.3 Å². The van der Waals surface area contributed by atoms with Crippen LogP contribution in [0.15, 0.2) is 42.5 Å². The van der Waals surface area contributed by atoms with Gasteiger partial charge in [0.25, 0.3) is 5.91 Å². The zero-order valence-corrected chi connectivity index (χ0v) is 15.4. The summed E-state index contributed by atoms with van der Waals surface area (Å²) < 4.78 is 10.5. The Hall–Kier alpha value is -3.09. The van der Waals surface area contributed by atoms with Gasteiger partial charge < -0.3 is 14.4 Å². The van der Waals surface area contributed by atoms with Crippen LogP contribution in [-0.2, 0) is 0 Å². The average Bonchev–Trinajstić information content (AvgIpc) is 3.17. The first-order chi connectivity index (χ1) is 13.0. The van der Waals surface area contributed by atoms with Crippen LogP contribution in [-0.4, -0.2) is 36.0 Å². The van der Waals surface area contributed by atoms with Crippen molar-refractivity contribution < 1.29 is 19.2 Å². The van der Waals surface area contributed by atoms with E-state index in [9.17, 15) is 14.9 Å². The van der Waals surface area contributed by atoms with Gasteiger partial charge in [0.05, 0.1) is 24.7 Å². The van der Waals surface area contributed by atoms with E-state index >= 15 is 0 Å². The third kappa shape index (κ3) is 3.86. The number of amides is 1. The van der Waals surface area contributed by atoms with Gasteiger partial charge in [0.15, 0.2) is 5.75 Å². The van der Waals surface area contributed by atoms with Crippen LogP contribution >= 0.6 is 0 Å². The second-order valence-corrected chi connectivity index (χ2v) is 6.30. The fourth-order valence-electron chi connectivity index (χ4n) is 3.44. The Balaban J connectivity index is 1.85. The SMILES string of the molecule is CCOc1ccc(C2CCCN2C(=O)c2ccc(OC)c([N+](=O)[O-])c2)cc1. The van der Waals surface area contributed by atoms with Gasteiger partial charge in [0.1, 0.15) is 5.75 Å². The molecule has 1 fully saturated rings. The zero-order valence-electron chi connectivity index (χ0n) is 15.4. The molecule has 1 atom stereocenters. The largest absolute Gasteiger partial charge is 0.494 e. The lowest BCUT2D eigenvalue weighted by Crippen LogP contribution is -2.30. The maximum absolute atomic E-state index is 13.0. The molecular weight excluding hydrogens is 348 g/mol. The molecule has 1 aliphatic heterocycles. The lowest BCUT2D eigenvalue weighted by Gasteiger charge is -2.25. The smallest absolute Gasteiger partial charge is 0.311 e. The lowest BCUT2D eigenvalue weighted by atomic mass is 10.0. The van der Waals surface area contributed by atoms with Crippen molar-refractivity contribution >= 4 is 11.6 Å². The predicted octanol–water partition coefficient (Wildman–Crippen LogP) is 3.98. The first-order valence-corrected chi connectivity index (χ1v) is 8.91. The molecule has 2 aromatic rings.